The van der Waals surface area contributed by atoms with E-state index in [9.17, 15) is 0 Å². The van der Waals surface area contributed by atoms with Crippen LogP contribution in [-0.2, 0) is 0 Å². The van der Waals surface area contributed by atoms with Gasteiger partial charge in [0.25, 0.3) is 0 Å². The number of hydrogen-bond acceptors (Lipinski definition) is 4. The molecule has 0 aliphatic rings. The predicted octanol–water partition coefficient (Wildman–Crippen LogP) is 11.7. The van der Waals surface area contributed by atoms with E-state index in [4.69, 9.17) is 15.0 Å². The zero-order valence-corrected chi connectivity index (χ0v) is 26.2. The van der Waals surface area contributed by atoms with Gasteiger partial charge in [-0.05, 0) is 57.3 Å². The third-order valence-corrected chi connectivity index (χ3v) is 9.86. The molecule has 0 saturated heterocycles. The quantitative estimate of drug-likeness (QED) is 0.193. The summed E-state index contributed by atoms with van der Waals surface area (Å²) in [7, 11) is 0. The van der Waals surface area contributed by atoms with Gasteiger partial charge in [-0.3, -0.25) is 0 Å². The number of rotatable bonds is 5. The van der Waals surface area contributed by atoms with Crippen LogP contribution in [0.2, 0.25) is 0 Å². The zero-order valence-electron chi connectivity index (χ0n) is 25.3. The summed E-state index contributed by atoms with van der Waals surface area (Å²) in [6, 6.07) is 57.5. The molecule has 47 heavy (non-hydrogen) atoms. The third kappa shape index (κ3) is 5.15. The van der Waals surface area contributed by atoms with Crippen molar-refractivity contribution in [1.29, 1.82) is 0 Å². The van der Waals surface area contributed by atoms with Crippen molar-refractivity contribution in [2.75, 3.05) is 0 Å². The van der Waals surface area contributed by atoms with E-state index in [1.54, 1.807) is 0 Å². The summed E-state index contributed by atoms with van der Waals surface area (Å²) in [5.41, 5.74) is 7.53. The standard InChI is InChI=1S/C43H27N3S/c1-3-9-28(10-4-1)30-15-19-32(20-16-30)41-44-42(33-21-17-31(18-22-33)29-11-5-2-6-12-29)46-43(45-41)35-24-23-34-26-38-37-13-7-8-14-39(37)47-40(38)27-36(34)25-35/h1-27H. The summed E-state index contributed by atoms with van der Waals surface area (Å²) in [5, 5.41) is 4.98. The maximum atomic E-state index is 5.05. The molecule has 0 aliphatic carbocycles. The minimum atomic E-state index is 0.650. The van der Waals surface area contributed by atoms with Crippen molar-refractivity contribution >= 4 is 42.3 Å². The Hall–Kier alpha value is -5.97. The van der Waals surface area contributed by atoms with Crippen molar-refractivity contribution in [2.45, 2.75) is 0 Å². The van der Waals surface area contributed by atoms with Crippen LogP contribution in [0.5, 0.6) is 0 Å². The lowest BCUT2D eigenvalue weighted by Gasteiger charge is -2.10. The third-order valence-electron chi connectivity index (χ3n) is 8.73. The van der Waals surface area contributed by atoms with Crippen molar-refractivity contribution in [2.24, 2.45) is 0 Å². The molecule has 7 aromatic carbocycles. The van der Waals surface area contributed by atoms with E-state index in [0.717, 1.165) is 27.8 Å². The van der Waals surface area contributed by atoms with E-state index in [1.165, 1.54) is 42.1 Å². The Kier molecular flexibility index (Phi) is 6.65. The summed E-state index contributed by atoms with van der Waals surface area (Å²) >= 11 is 1.84. The fourth-order valence-corrected chi connectivity index (χ4v) is 7.39. The van der Waals surface area contributed by atoms with E-state index < -0.39 is 0 Å². The molecule has 9 rings (SSSR count). The lowest BCUT2D eigenvalue weighted by Crippen LogP contribution is -2.00. The molecule has 2 aromatic heterocycles. The van der Waals surface area contributed by atoms with E-state index >= 15 is 0 Å². The number of benzene rings is 7. The van der Waals surface area contributed by atoms with Gasteiger partial charge in [0.2, 0.25) is 0 Å². The van der Waals surface area contributed by atoms with Gasteiger partial charge in [-0.1, -0.05) is 140 Å². The van der Waals surface area contributed by atoms with Gasteiger partial charge in [0.1, 0.15) is 0 Å². The van der Waals surface area contributed by atoms with Crippen LogP contribution in [0.25, 0.3) is 87.4 Å². The van der Waals surface area contributed by atoms with Crippen molar-refractivity contribution in [3.8, 4) is 56.4 Å². The fraction of sp³-hybridized carbons (Fsp3) is 0. The first kappa shape index (κ1) is 27.3. The molecule has 0 N–H and O–H groups in total. The first-order valence-corrected chi connectivity index (χ1v) is 16.5. The Morgan fingerprint density at radius 2 is 0.766 bits per heavy atom. The van der Waals surface area contributed by atoms with Crippen LogP contribution < -0.4 is 0 Å². The summed E-state index contributed by atoms with van der Waals surface area (Å²) in [5.74, 6) is 1.95. The van der Waals surface area contributed by atoms with Crippen molar-refractivity contribution in [3.63, 3.8) is 0 Å². The smallest absolute Gasteiger partial charge is 0.164 e. The maximum absolute atomic E-state index is 5.05. The fourth-order valence-electron chi connectivity index (χ4n) is 6.26. The van der Waals surface area contributed by atoms with E-state index in [0.29, 0.717) is 17.5 Å². The second-order valence-corrected chi connectivity index (χ2v) is 12.8. The van der Waals surface area contributed by atoms with Crippen LogP contribution in [0, 0.1) is 0 Å². The molecule has 3 nitrogen and oxygen atoms in total. The molecule has 0 bridgehead atoms. The average Bonchev–Trinajstić information content (AvgIpc) is 3.51. The zero-order chi connectivity index (χ0) is 31.2. The van der Waals surface area contributed by atoms with E-state index in [-0.39, 0.29) is 0 Å². The van der Waals surface area contributed by atoms with Crippen LogP contribution in [0.15, 0.2) is 164 Å². The van der Waals surface area contributed by atoms with Crippen LogP contribution in [0.4, 0.5) is 0 Å². The van der Waals surface area contributed by atoms with Gasteiger partial charge in [-0.2, -0.15) is 0 Å². The van der Waals surface area contributed by atoms with Gasteiger partial charge < -0.3 is 0 Å². The lowest BCUT2D eigenvalue weighted by atomic mass is 10.0. The highest BCUT2D eigenvalue weighted by Crippen LogP contribution is 2.37. The van der Waals surface area contributed by atoms with Gasteiger partial charge in [-0.25, -0.2) is 15.0 Å². The van der Waals surface area contributed by atoms with Gasteiger partial charge in [-0.15, -0.1) is 11.3 Å². The summed E-state index contributed by atoms with van der Waals surface area (Å²) in [4.78, 5) is 15.1. The Labute approximate surface area is 276 Å². The molecule has 0 saturated carbocycles. The topological polar surface area (TPSA) is 38.7 Å². The molecule has 220 valence electrons. The van der Waals surface area contributed by atoms with E-state index in [2.05, 4.69) is 152 Å². The van der Waals surface area contributed by atoms with Crippen LogP contribution in [-0.4, -0.2) is 15.0 Å². The second-order valence-electron chi connectivity index (χ2n) is 11.7. The Bertz CT molecular complexity index is 2440. The van der Waals surface area contributed by atoms with Gasteiger partial charge in [0.15, 0.2) is 17.5 Å². The van der Waals surface area contributed by atoms with Crippen LogP contribution in [0.3, 0.4) is 0 Å². The molecule has 0 aliphatic heterocycles. The largest absolute Gasteiger partial charge is 0.208 e. The van der Waals surface area contributed by atoms with Crippen molar-refractivity contribution < 1.29 is 0 Å². The number of aromatic nitrogens is 3. The van der Waals surface area contributed by atoms with Crippen molar-refractivity contribution in [1.82, 2.24) is 15.0 Å². The molecule has 9 aromatic rings. The highest BCUT2D eigenvalue weighted by molar-refractivity contribution is 7.25. The molecule has 4 heteroatoms. The molecule has 0 radical (unpaired) electrons. The number of nitrogens with zero attached hydrogens (tertiary/aromatic N) is 3. The normalized spacial score (nSPS) is 11.4. The van der Waals surface area contributed by atoms with Crippen LogP contribution >= 0.6 is 11.3 Å². The number of fused-ring (bicyclic) bond motifs is 4. The number of thiophene rings is 1. The van der Waals surface area contributed by atoms with Gasteiger partial charge in [0.05, 0.1) is 0 Å². The SMILES string of the molecule is c1ccc(-c2ccc(-c3nc(-c4ccc(-c5ccccc5)cc4)nc(-c4ccc5cc6c(cc5c4)sc4ccccc46)n3)cc2)cc1. The molecule has 0 atom stereocenters. The summed E-state index contributed by atoms with van der Waals surface area (Å²) in [6.45, 7) is 0. The predicted molar refractivity (Wildman–Crippen MR) is 197 cm³/mol. The molecule has 0 spiro atoms. The number of hydrogen-bond donors (Lipinski definition) is 0. The molecule has 0 fully saturated rings. The Balaban J connectivity index is 1.16. The maximum Gasteiger partial charge on any atom is 0.164 e. The highest BCUT2D eigenvalue weighted by Gasteiger charge is 2.14. The molecule has 0 unspecified atom stereocenters. The lowest BCUT2D eigenvalue weighted by molar-refractivity contribution is 1.07. The van der Waals surface area contributed by atoms with Gasteiger partial charge in [0, 0.05) is 36.9 Å². The first-order valence-electron chi connectivity index (χ1n) is 15.7. The monoisotopic (exact) mass is 617 g/mol. The molecular weight excluding hydrogens is 591 g/mol. The molecule has 0 amide bonds. The Morgan fingerprint density at radius 1 is 0.298 bits per heavy atom. The van der Waals surface area contributed by atoms with Crippen LogP contribution in [0.1, 0.15) is 0 Å². The summed E-state index contributed by atoms with van der Waals surface area (Å²) < 4.78 is 2.59. The second kappa shape index (κ2) is 11.4. The average molecular weight is 618 g/mol. The molecular formula is C43H27N3S. The summed E-state index contributed by atoms with van der Waals surface area (Å²) in [6.07, 6.45) is 0. The minimum Gasteiger partial charge on any atom is -0.208 e. The first-order chi connectivity index (χ1) is 23.2. The van der Waals surface area contributed by atoms with Crippen molar-refractivity contribution in [3.05, 3.63) is 164 Å². The minimum absolute atomic E-state index is 0.650. The van der Waals surface area contributed by atoms with Gasteiger partial charge >= 0.3 is 0 Å². The Morgan fingerprint density at radius 3 is 1.36 bits per heavy atom. The highest BCUT2D eigenvalue weighted by atomic mass is 32.1. The molecule has 2 heterocycles. The van der Waals surface area contributed by atoms with E-state index in [1.807, 2.05) is 23.5 Å².